The Labute approximate surface area is 128 Å². The molecule has 1 atom stereocenters. The smallest absolute Gasteiger partial charge is 0.237 e. The number of carbonyl (C=O) groups is 1. The van der Waals surface area contributed by atoms with Crippen LogP contribution in [0.4, 0.5) is 0 Å². The highest BCUT2D eigenvalue weighted by atomic mass is 79.9. The van der Waals surface area contributed by atoms with E-state index in [1.807, 2.05) is 25.1 Å². The first-order valence-electron chi connectivity index (χ1n) is 6.94. The number of carbonyl (C=O) groups excluding carboxylic acids is 1. The van der Waals surface area contributed by atoms with Gasteiger partial charge in [-0.15, -0.1) is 0 Å². The Morgan fingerprint density at radius 2 is 2.20 bits per heavy atom. The molecule has 0 bridgehead atoms. The van der Waals surface area contributed by atoms with Crippen LogP contribution >= 0.6 is 15.9 Å². The Balaban J connectivity index is 1.87. The molecule has 1 saturated heterocycles. The molecule has 2 rings (SSSR count). The normalized spacial score (nSPS) is 17.8. The Hall–Kier alpha value is -0.910. The fraction of sp³-hybridized carbons (Fsp3) is 0.533. The molecular weight excluding hydrogens is 320 g/mol. The Morgan fingerprint density at radius 3 is 2.85 bits per heavy atom. The first-order chi connectivity index (χ1) is 9.58. The number of aryl methyl sites for hydroxylation is 1. The molecule has 0 aliphatic carbocycles. The minimum Gasteiger partial charge on any atom is -0.381 e. The molecule has 3 N–H and O–H groups in total. The van der Waals surface area contributed by atoms with Crippen molar-refractivity contribution in [2.75, 3.05) is 13.2 Å². The number of rotatable bonds is 4. The summed E-state index contributed by atoms with van der Waals surface area (Å²) in [5.74, 6) is 0.161. The van der Waals surface area contributed by atoms with Crippen LogP contribution in [-0.4, -0.2) is 25.2 Å². The third-order valence-electron chi connectivity index (χ3n) is 3.83. The molecule has 110 valence electrons. The van der Waals surface area contributed by atoms with Gasteiger partial charge in [-0.3, -0.25) is 4.79 Å². The summed E-state index contributed by atoms with van der Waals surface area (Å²) in [6.45, 7) is 3.97. The standard InChI is InChI=1S/C15H21BrN2O2/c1-10-8-13(16)3-2-12(10)9-18-15(19)14(17)11-4-6-20-7-5-11/h2-3,8,11,14H,4-7,9,17H2,1H3,(H,18,19). The maximum atomic E-state index is 12.1. The van der Waals surface area contributed by atoms with E-state index in [9.17, 15) is 4.79 Å². The summed E-state index contributed by atoms with van der Waals surface area (Å²) in [4.78, 5) is 12.1. The van der Waals surface area contributed by atoms with Gasteiger partial charge in [0.15, 0.2) is 0 Å². The molecule has 0 aromatic heterocycles. The highest BCUT2D eigenvalue weighted by Crippen LogP contribution is 2.18. The fourth-order valence-electron chi connectivity index (χ4n) is 2.45. The number of benzene rings is 1. The molecule has 4 nitrogen and oxygen atoms in total. The van der Waals surface area contributed by atoms with E-state index >= 15 is 0 Å². The average Bonchev–Trinajstić information content (AvgIpc) is 2.46. The summed E-state index contributed by atoms with van der Waals surface area (Å²) in [6, 6.07) is 5.60. The molecule has 1 amide bonds. The molecule has 5 heteroatoms. The van der Waals surface area contributed by atoms with E-state index in [0.717, 1.165) is 28.4 Å². The van der Waals surface area contributed by atoms with Gasteiger partial charge in [0.25, 0.3) is 0 Å². The molecule has 0 saturated carbocycles. The number of amides is 1. The molecule has 1 aliphatic rings. The molecule has 1 heterocycles. The van der Waals surface area contributed by atoms with E-state index in [1.165, 1.54) is 0 Å². The average molecular weight is 341 g/mol. The lowest BCUT2D eigenvalue weighted by atomic mass is 9.92. The zero-order valence-corrected chi connectivity index (χ0v) is 13.3. The van der Waals surface area contributed by atoms with Crippen molar-refractivity contribution in [1.82, 2.24) is 5.32 Å². The monoisotopic (exact) mass is 340 g/mol. The summed E-state index contributed by atoms with van der Waals surface area (Å²) >= 11 is 3.43. The molecule has 0 spiro atoms. The lowest BCUT2D eigenvalue weighted by Gasteiger charge is -2.26. The van der Waals surface area contributed by atoms with Crippen LogP contribution in [0.2, 0.25) is 0 Å². The Bertz CT molecular complexity index is 473. The maximum Gasteiger partial charge on any atom is 0.237 e. The molecule has 1 aromatic carbocycles. The van der Waals surface area contributed by atoms with Gasteiger partial charge in [0.2, 0.25) is 5.91 Å². The predicted molar refractivity (Wildman–Crippen MR) is 82.2 cm³/mol. The predicted octanol–water partition coefficient (Wildman–Crippen LogP) is 2.13. The Kier molecular flexibility index (Phi) is 5.57. The van der Waals surface area contributed by atoms with E-state index in [-0.39, 0.29) is 11.8 Å². The van der Waals surface area contributed by atoms with Crippen LogP contribution in [0, 0.1) is 12.8 Å². The summed E-state index contributed by atoms with van der Waals surface area (Å²) in [6.07, 6.45) is 1.73. The SMILES string of the molecule is Cc1cc(Br)ccc1CNC(=O)C(N)C1CCOCC1. The van der Waals surface area contributed by atoms with Crippen LogP contribution in [0.25, 0.3) is 0 Å². The van der Waals surface area contributed by atoms with Gasteiger partial charge in [-0.05, 0) is 48.9 Å². The lowest BCUT2D eigenvalue weighted by molar-refractivity contribution is -0.124. The second-order valence-electron chi connectivity index (χ2n) is 5.26. The van der Waals surface area contributed by atoms with E-state index in [2.05, 4.69) is 21.2 Å². The van der Waals surface area contributed by atoms with Crippen molar-refractivity contribution in [2.24, 2.45) is 11.7 Å². The van der Waals surface area contributed by atoms with Gasteiger partial charge in [0.05, 0.1) is 6.04 Å². The molecule has 1 unspecified atom stereocenters. The molecule has 1 aliphatic heterocycles. The van der Waals surface area contributed by atoms with Gasteiger partial charge in [0.1, 0.15) is 0 Å². The van der Waals surface area contributed by atoms with Crippen LogP contribution in [0.3, 0.4) is 0 Å². The molecule has 20 heavy (non-hydrogen) atoms. The molecule has 1 aromatic rings. The number of nitrogens with two attached hydrogens (primary N) is 1. The van der Waals surface area contributed by atoms with Gasteiger partial charge in [-0.2, -0.15) is 0 Å². The molecule has 0 radical (unpaired) electrons. The van der Waals surface area contributed by atoms with Crippen molar-refractivity contribution < 1.29 is 9.53 Å². The minimum atomic E-state index is -0.436. The molecular formula is C15H21BrN2O2. The maximum absolute atomic E-state index is 12.1. The molecule has 1 fully saturated rings. The van der Waals surface area contributed by atoms with Crippen molar-refractivity contribution in [1.29, 1.82) is 0 Å². The zero-order valence-electron chi connectivity index (χ0n) is 11.7. The fourth-order valence-corrected chi connectivity index (χ4v) is 2.92. The first kappa shape index (κ1) is 15.5. The summed E-state index contributed by atoms with van der Waals surface area (Å²) < 4.78 is 6.34. The quantitative estimate of drug-likeness (QED) is 0.882. The van der Waals surface area contributed by atoms with Gasteiger partial charge in [-0.1, -0.05) is 22.0 Å². The number of hydrogen-bond acceptors (Lipinski definition) is 3. The zero-order chi connectivity index (χ0) is 14.5. The van der Waals surface area contributed by atoms with Crippen LogP contribution in [0.1, 0.15) is 24.0 Å². The van der Waals surface area contributed by atoms with Crippen molar-refractivity contribution in [3.05, 3.63) is 33.8 Å². The van der Waals surface area contributed by atoms with Crippen LogP contribution in [-0.2, 0) is 16.1 Å². The number of nitrogens with one attached hydrogen (secondary N) is 1. The van der Waals surface area contributed by atoms with Crippen LogP contribution in [0.15, 0.2) is 22.7 Å². The first-order valence-corrected chi connectivity index (χ1v) is 7.73. The number of hydrogen-bond donors (Lipinski definition) is 2. The summed E-state index contributed by atoms with van der Waals surface area (Å²) in [7, 11) is 0. The van der Waals surface area contributed by atoms with Crippen molar-refractivity contribution in [3.8, 4) is 0 Å². The van der Waals surface area contributed by atoms with E-state index in [0.29, 0.717) is 19.8 Å². The number of ether oxygens (including phenoxy) is 1. The van der Waals surface area contributed by atoms with Crippen molar-refractivity contribution in [3.63, 3.8) is 0 Å². The summed E-state index contributed by atoms with van der Waals surface area (Å²) in [5.41, 5.74) is 8.31. The van der Waals surface area contributed by atoms with Crippen LogP contribution in [0.5, 0.6) is 0 Å². The van der Waals surface area contributed by atoms with E-state index in [1.54, 1.807) is 0 Å². The topological polar surface area (TPSA) is 64.4 Å². The van der Waals surface area contributed by atoms with Gasteiger partial charge < -0.3 is 15.8 Å². The Morgan fingerprint density at radius 1 is 1.50 bits per heavy atom. The highest BCUT2D eigenvalue weighted by Gasteiger charge is 2.26. The van der Waals surface area contributed by atoms with Gasteiger partial charge >= 0.3 is 0 Å². The lowest BCUT2D eigenvalue weighted by Crippen LogP contribution is -2.46. The largest absolute Gasteiger partial charge is 0.381 e. The second kappa shape index (κ2) is 7.20. The summed E-state index contributed by atoms with van der Waals surface area (Å²) in [5, 5.41) is 2.94. The second-order valence-corrected chi connectivity index (χ2v) is 6.18. The number of halogens is 1. The van der Waals surface area contributed by atoms with Crippen molar-refractivity contribution in [2.45, 2.75) is 32.4 Å². The van der Waals surface area contributed by atoms with Crippen molar-refractivity contribution >= 4 is 21.8 Å². The third-order valence-corrected chi connectivity index (χ3v) is 4.33. The minimum absolute atomic E-state index is 0.0702. The van der Waals surface area contributed by atoms with Gasteiger partial charge in [-0.25, -0.2) is 0 Å². The third kappa shape index (κ3) is 4.04. The van der Waals surface area contributed by atoms with Gasteiger partial charge in [0, 0.05) is 24.2 Å². The van der Waals surface area contributed by atoms with Crippen LogP contribution < -0.4 is 11.1 Å². The van der Waals surface area contributed by atoms with E-state index in [4.69, 9.17) is 10.5 Å². The highest BCUT2D eigenvalue weighted by molar-refractivity contribution is 9.10. The van der Waals surface area contributed by atoms with E-state index < -0.39 is 6.04 Å².